The van der Waals surface area contributed by atoms with Gasteiger partial charge in [0.15, 0.2) is 0 Å². The molecule has 1 aromatic rings. The fourth-order valence-corrected chi connectivity index (χ4v) is 1.84. The van der Waals surface area contributed by atoms with Crippen molar-refractivity contribution in [2.45, 2.75) is 11.8 Å². The smallest absolute Gasteiger partial charge is 0.338 e. The quantitative estimate of drug-likeness (QED) is 0.561. The number of halogens is 1. The first kappa shape index (κ1) is 15.0. The van der Waals surface area contributed by atoms with E-state index >= 15 is 0 Å². The molecule has 0 radical (unpaired) electrons. The van der Waals surface area contributed by atoms with Crippen LogP contribution in [0.2, 0.25) is 0 Å². The maximum atomic E-state index is 13.1. The van der Waals surface area contributed by atoms with Crippen LogP contribution in [0.25, 0.3) is 0 Å². The molecule has 0 bridgehead atoms. The van der Waals surface area contributed by atoms with E-state index in [4.69, 9.17) is 5.11 Å². The largest absolute Gasteiger partial charge is 0.478 e. The highest BCUT2D eigenvalue weighted by Crippen LogP contribution is 2.20. The minimum atomic E-state index is -1.37. The molecule has 0 saturated carbocycles. The summed E-state index contributed by atoms with van der Waals surface area (Å²) < 4.78 is 13.1. The minimum absolute atomic E-state index is 0.0367. The Morgan fingerprint density at radius 1 is 1.32 bits per heavy atom. The van der Waals surface area contributed by atoms with Crippen molar-refractivity contribution in [3.63, 3.8) is 0 Å². The second-order valence-electron chi connectivity index (χ2n) is 3.46. The summed E-state index contributed by atoms with van der Waals surface area (Å²) >= 11 is 1.03. The van der Waals surface area contributed by atoms with E-state index < -0.39 is 29.2 Å². The molecule has 0 aliphatic rings. The molecule has 0 saturated heterocycles. The fraction of sp³-hybridized carbons (Fsp3) is 0.182. The lowest BCUT2D eigenvalue weighted by Gasteiger charge is -2.05. The summed E-state index contributed by atoms with van der Waals surface area (Å²) in [6, 6.07) is 3.55. The first-order chi connectivity index (χ1) is 8.90. The van der Waals surface area contributed by atoms with Crippen molar-refractivity contribution in [2.24, 2.45) is 0 Å². The number of carboxylic acid groups (broad SMARTS) is 1. The zero-order valence-corrected chi connectivity index (χ0v) is 10.7. The monoisotopic (exact) mass is 286 g/mol. The molecule has 102 valence electrons. The molecule has 6 nitrogen and oxygen atoms in total. The van der Waals surface area contributed by atoms with Crippen molar-refractivity contribution in [3.05, 3.63) is 29.6 Å². The molecular formula is C11H11FN2O4S. The molecule has 2 amide bonds. The van der Waals surface area contributed by atoms with Crippen LogP contribution >= 0.6 is 11.8 Å². The van der Waals surface area contributed by atoms with Crippen molar-refractivity contribution >= 4 is 29.5 Å². The maximum Gasteiger partial charge on any atom is 0.338 e. The van der Waals surface area contributed by atoms with Gasteiger partial charge in [0.2, 0.25) is 11.8 Å². The van der Waals surface area contributed by atoms with E-state index in [-0.39, 0.29) is 5.75 Å². The summed E-state index contributed by atoms with van der Waals surface area (Å²) in [5.74, 6) is -3.11. The molecule has 19 heavy (non-hydrogen) atoms. The van der Waals surface area contributed by atoms with Gasteiger partial charge in [-0.05, 0) is 18.2 Å². The number of hydrogen-bond acceptors (Lipinski definition) is 4. The van der Waals surface area contributed by atoms with Gasteiger partial charge < -0.3 is 5.11 Å². The highest BCUT2D eigenvalue weighted by atomic mass is 32.2. The van der Waals surface area contributed by atoms with Crippen LogP contribution in [-0.4, -0.2) is 28.6 Å². The Labute approximate surface area is 112 Å². The Kier molecular flexibility index (Phi) is 5.31. The number of thioether (sulfide) groups is 1. The number of benzene rings is 1. The third kappa shape index (κ3) is 4.96. The number of hydrazine groups is 1. The van der Waals surface area contributed by atoms with Crippen LogP contribution in [0.5, 0.6) is 0 Å². The molecule has 1 rings (SSSR count). The Morgan fingerprint density at radius 3 is 2.58 bits per heavy atom. The van der Waals surface area contributed by atoms with E-state index in [0.717, 1.165) is 23.9 Å². The van der Waals surface area contributed by atoms with Crippen LogP contribution in [0.4, 0.5) is 4.39 Å². The summed E-state index contributed by atoms with van der Waals surface area (Å²) in [5.41, 5.74) is 3.81. The van der Waals surface area contributed by atoms with Gasteiger partial charge >= 0.3 is 5.97 Å². The number of amides is 2. The van der Waals surface area contributed by atoms with E-state index in [1.807, 2.05) is 0 Å². The highest BCUT2D eigenvalue weighted by Gasteiger charge is 2.11. The predicted molar refractivity (Wildman–Crippen MR) is 66.0 cm³/mol. The number of nitrogens with one attached hydrogen (secondary N) is 2. The summed E-state index contributed by atoms with van der Waals surface area (Å²) in [7, 11) is 0. The molecule has 1 aromatic carbocycles. The lowest BCUT2D eigenvalue weighted by atomic mass is 10.2. The third-order valence-electron chi connectivity index (χ3n) is 1.92. The molecule has 0 aliphatic heterocycles. The van der Waals surface area contributed by atoms with Crippen molar-refractivity contribution in [1.82, 2.24) is 10.9 Å². The second-order valence-corrected chi connectivity index (χ2v) is 4.51. The van der Waals surface area contributed by atoms with Crippen molar-refractivity contribution in [3.8, 4) is 0 Å². The van der Waals surface area contributed by atoms with E-state index in [2.05, 4.69) is 10.9 Å². The van der Waals surface area contributed by atoms with Gasteiger partial charge in [0.05, 0.1) is 11.3 Å². The molecule has 0 heterocycles. The van der Waals surface area contributed by atoms with Crippen LogP contribution in [0.3, 0.4) is 0 Å². The Balaban J connectivity index is 2.58. The van der Waals surface area contributed by atoms with E-state index in [9.17, 15) is 18.8 Å². The number of aromatic carboxylic acids is 1. The van der Waals surface area contributed by atoms with Gasteiger partial charge in [0, 0.05) is 11.8 Å². The van der Waals surface area contributed by atoms with E-state index in [0.29, 0.717) is 4.90 Å². The van der Waals surface area contributed by atoms with Gasteiger partial charge in [-0.1, -0.05) is 0 Å². The maximum absolute atomic E-state index is 13.1. The Bertz CT molecular complexity index is 521. The number of carbonyl (C=O) groups excluding carboxylic acids is 2. The van der Waals surface area contributed by atoms with Crippen LogP contribution in [0.1, 0.15) is 17.3 Å². The average Bonchev–Trinajstić information content (AvgIpc) is 2.35. The average molecular weight is 286 g/mol. The predicted octanol–water partition coefficient (Wildman–Crippen LogP) is 0.783. The summed E-state index contributed by atoms with van der Waals surface area (Å²) in [5, 5.41) is 8.74. The highest BCUT2D eigenvalue weighted by molar-refractivity contribution is 8.00. The van der Waals surface area contributed by atoms with Crippen LogP contribution in [0, 0.1) is 5.82 Å². The van der Waals surface area contributed by atoms with Gasteiger partial charge in [-0.15, -0.1) is 11.8 Å². The first-order valence-electron chi connectivity index (χ1n) is 5.11. The van der Waals surface area contributed by atoms with Gasteiger partial charge in [-0.2, -0.15) is 0 Å². The molecule has 3 N–H and O–H groups in total. The molecule has 0 atom stereocenters. The van der Waals surface area contributed by atoms with Gasteiger partial charge in [-0.25, -0.2) is 9.18 Å². The molecule has 0 aliphatic carbocycles. The molecule has 0 unspecified atom stereocenters. The van der Waals surface area contributed by atoms with Gasteiger partial charge in [0.25, 0.3) is 0 Å². The zero-order chi connectivity index (χ0) is 14.4. The molecule has 0 fully saturated rings. The number of carboxylic acids is 1. The molecule has 8 heteroatoms. The molecule has 0 aromatic heterocycles. The first-order valence-corrected chi connectivity index (χ1v) is 6.09. The van der Waals surface area contributed by atoms with Crippen molar-refractivity contribution < 1.29 is 23.9 Å². The topological polar surface area (TPSA) is 95.5 Å². The third-order valence-corrected chi connectivity index (χ3v) is 2.91. The van der Waals surface area contributed by atoms with Crippen LogP contribution in [0.15, 0.2) is 23.1 Å². The normalized spacial score (nSPS) is 9.79. The Hall–Kier alpha value is -2.09. The molecular weight excluding hydrogens is 275 g/mol. The lowest BCUT2D eigenvalue weighted by molar-refractivity contribution is -0.126. The number of hydrogen-bond donors (Lipinski definition) is 3. The van der Waals surface area contributed by atoms with Crippen LogP contribution < -0.4 is 10.9 Å². The van der Waals surface area contributed by atoms with Crippen LogP contribution in [-0.2, 0) is 9.59 Å². The van der Waals surface area contributed by atoms with E-state index in [1.54, 1.807) is 0 Å². The lowest BCUT2D eigenvalue weighted by Crippen LogP contribution is -2.41. The summed E-state index contributed by atoms with van der Waals surface area (Å²) in [6.07, 6.45) is 0. The fourth-order valence-electron chi connectivity index (χ4n) is 1.10. The summed E-state index contributed by atoms with van der Waals surface area (Å²) in [4.78, 5) is 33.0. The Morgan fingerprint density at radius 2 is 2.00 bits per heavy atom. The second kappa shape index (κ2) is 6.74. The van der Waals surface area contributed by atoms with E-state index in [1.165, 1.54) is 13.0 Å². The molecule has 0 spiro atoms. The number of rotatable bonds is 4. The number of carbonyl (C=O) groups is 3. The standard InChI is InChI=1S/C11H11FN2O4S/c1-6(15)13-14-10(16)5-19-7-2-3-9(12)8(4-7)11(17)18/h2-4H,5H2,1H3,(H,13,15)(H,14,16)(H,17,18). The van der Waals surface area contributed by atoms with Crippen molar-refractivity contribution in [1.29, 1.82) is 0 Å². The zero-order valence-electron chi connectivity index (χ0n) is 9.90. The SMILES string of the molecule is CC(=O)NNC(=O)CSc1ccc(F)c(C(=O)O)c1. The van der Waals surface area contributed by atoms with Gasteiger partial charge in [-0.3, -0.25) is 20.4 Å². The minimum Gasteiger partial charge on any atom is -0.478 e. The van der Waals surface area contributed by atoms with Crippen molar-refractivity contribution in [2.75, 3.05) is 5.75 Å². The van der Waals surface area contributed by atoms with Gasteiger partial charge in [0.1, 0.15) is 5.82 Å². The summed E-state index contributed by atoms with van der Waals surface area (Å²) in [6.45, 7) is 1.24.